The quantitative estimate of drug-likeness (QED) is 0.279. The SMILES string of the molecule is COCCN1CCN(c2ccc(C(N)=O)c([C@@H](C(=O)N3C[C@H](N=[N+]=[N-])[C@H]4OCC(=O)[C@H]43)C3CCCCC3)c2)CC1. The lowest BCUT2D eigenvalue weighted by Gasteiger charge is -2.37. The predicted octanol–water partition coefficient (Wildman–Crippen LogP) is 2.08. The zero-order valence-electron chi connectivity index (χ0n) is 23.1. The number of ether oxygens (including phenoxy) is 2. The highest BCUT2D eigenvalue weighted by Crippen LogP contribution is 2.42. The van der Waals surface area contributed by atoms with Crippen LogP contribution in [0.1, 0.15) is 53.9 Å². The normalized spacial score (nSPS) is 26.4. The van der Waals surface area contributed by atoms with Crippen LogP contribution >= 0.6 is 0 Å². The number of fused-ring (bicyclic) bond motifs is 1. The van der Waals surface area contributed by atoms with Gasteiger partial charge in [-0.2, -0.15) is 0 Å². The van der Waals surface area contributed by atoms with Crippen LogP contribution in [0.5, 0.6) is 0 Å². The Bertz CT molecular complexity index is 1160. The summed E-state index contributed by atoms with van der Waals surface area (Å²) in [6.07, 6.45) is 4.16. The van der Waals surface area contributed by atoms with Gasteiger partial charge in [0, 0.05) is 62.5 Å². The molecule has 2 amide bonds. The number of rotatable bonds is 9. The lowest BCUT2D eigenvalue weighted by Crippen LogP contribution is -2.47. The molecule has 4 fully saturated rings. The van der Waals surface area contributed by atoms with Gasteiger partial charge in [-0.05, 0) is 48.1 Å². The molecule has 12 nitrogen and oxygen atoms in total. The lowest BCUT2D eigenvalue weighted by atomic mass is 9.74. The average Bonchev–Trinajstić information content (AvgIpc) is 3.53. The molecule has 0 unspecified atom stereocenters. The van der Waals surface area contributed by atoms with Gasteiger partial charge in [0.2, 0.25) is 11.8 Å². The molecule has 216 valence electrons. The molecule has 0 spiro atoms. The summed E-state index contributed by atoms with van der Waals surface area (Å²) >= 11 is 0. The van der Waals surface area contributed by atoms with Gasteiger partial charge in [0.1, 0.15) is 12.6 Å². The van der Waals surface area contributed by atoms with Crippen molar-refractivity contribution in [2.75, 3.05) is 64.5 Å². The lowest BCUT2D eigenvalue weighted by molar-refractivity contribution is -0.139. The summed E-state index contributed by atoms with van der Waals surface area (Å²) in [5.41, 5.74) is 16.9. The van der Waals surface area contributed by atoms with E-state index < -0.39 is 30.0 Å². The number of piperazine rings is 1. The van der Waals surface area contributed by atoms with Crippen molar-refractivity contribution in [1.29, 1.82) is 0 Å². The van der Waals surface area contributed by atoms with Crippen LogP contribution in [-0.2, 0) is 19.1 Å². The number of likely N-dealkylation sites (tertiary alicyclic amines) is 1. The highest BCUT2D eigenvalue weighted by Gasteiger charge is 2.53. The van der Waals surface area contributed by atoms with E-state index in [0.717, 1.165) is 70.5 Å². The van der Waals surface area contributed by atoms with Crippen molar-refractivity contribution in [1.82, 2.24) is 9.80 Å². The minimum absolute atomic E-state index is 0.00915. The van der Waals surface area contributed by atoms with Crippen LogP contribution in [-0.4, -0.2) is 105 Å². The fourth-order valence-corrected chi connectivity index (χ4v) is 6.94. The number of primary amides is 1. The van der Waals surface area contributed by atoms with E-state index in [2.05, 4.69) is 19.8 Å². The van der Waals surface area contributed by atoms with E-state index in [4.69, 9.17) is 20.7 Å². The van der Waals surface area contributed by atoms with Crippen molar-refractivity contribution in [3.8, 4) is 0 Å². The Morgan fingerprint density at radius 3 is 2.62 bits per heavy atom. The zero-order chi connectivity index (χ0) is 28.2. The molecule has 3 aliphatic heterocycles. The minimum atomic E-state index is -0.783. The van der Waals surface area contributed by atoms with Crippen LogP contribution in [0.25, 0.3) is 10.4 Å². The van der Waals surface area contributed by atoms with Crippen LogP contribution in [0, 0.1) is 5.92 Å². The second-order valence-electron chi connectivity index (χ2n) is 11.3. The first-order chi connectivity index (χ1) is 19.4. The van der Waals surface area contributed by atoms with Gasteiger partial charge in [0.05, 0.1) is 24.7 Å². The number of Topliss-reactive ketones (excluding diaryl/α,β-unsaturated/α-hetero) is 1. The molecular weight excluding hydrogens is 514 g/mol. The maximum Gasteiger partial charge on any atom is 0.249 e. The van der Waals surface area contributed by atoms with E-state index in [-0.39, 0.29) is 30.8 Å². The van der Waals surface area contributed by atoms with Crippen molar-refractivity contribution in [2.45, 2.75) is 56.2 Å². The molecule has 1 aromatic rings. The molecule has 40 heavy (non-hydrogen) atoms. The number of hydrogen-bond acceptors (Lipinski definition) is 8. The smallest absolute Gasteiger partial charge is 0.249 e. The Morgan fingerprint density at radius 1 is 1.20 bits per heavy atom. The number of benzene rings is 1. The molecule has 12 heteroatoms. The summed E-state index contributed by atoms with van der Waals surface area (Å²) in [5.74, 6) is -1.61. The average molecular weight is 554 g/mol. The van der Waals surface area contributed by atoms with Crippen molar-refractivity contribution in [2.24, 2.45) is 16.8 Å². The molecule has 1 aliphatic carbocycles. The third kappa shape index (κ3) is 5.67. The van der Waals surface area contributed by atoms with Crippen molar-refractivity contribution in [3.63, 3.8) is 0 Å². The van der Waals surface area contributed by atoms with Crippen LogP contribution in [0.4, 0.5) is 5.69 Å². The Labute approximate surface area is 234 Å². The van der Waals surface area contributed by atoms with Crippen LogP contribution < -0.4 is 10.6 Å². The van der Waals surface area contributed by atoms with Gasteiger partial charge in [-0.1, -0.05) is 24.4 Å². The predicted molar refractivity (Wildman–Crippen MR) is 148 cm³/mol. The van der Waals surface area contributed by atoms with E-state index in [1.165, 1.54) is 0 Å². The second-order valence-corrected chi connectivity index (χ2v) is 11.3. The number of anilines is 1. The summed E-state index contributed by atoms with van der Waals surface area (Å²) in [7, 11) is 1.71. The maximum absolute atomic E-state index is 14.5. The summed E-state index contributed by atoms with van der Waals surface area (Å²) in [4.78, 5) is 49.1. The Balaban J connectivity index is 1.49. The molecule has 0 bridgehead atoms. The summed E-state index contributed by atoms with van der Waals surface area (Å²) in [5, 5.41) is 3.84. The van der Waals surface area contributed by atoms with Crippen LogP contribution in [0.2, 0.25) is 0 Å². The van der Waals surface area contributed by atoms with Gasteiger partial charge < -0.3 is 25.0 Å². The molecule has 4 aliphatic rings. The first kappa shape index (κ1) is 28.4. The third-order valence-electron chi connectivity index (χ3n) is 9.01. The van der Waals surface area contributed by atoms with E-state index in [1.807, 2.05) is 12.1 Å². The maximum atomic E-state index is 14.5. The second kappa shape index (κ2) is 12.6. The fourth-order valence-electron chi connectivity index (χ4n) is 6.94. The van der Waals surface area contributed by atoms with E-state index in [1.54, 1.807) is 18.1 Å². The molecule has 2 N–H and O–H groups in total. The minimum Gasteiger partial charge on any atom is -0.383 e. The van der Waals surface area contributed by atoms with Gasteiger partial charge in [-0.3, -0.25) is 19.3 Å². The van der Waals surface area contributed by atoms with Gasteiger partial charge in [-0.15, -0.1) is 0 Å². The molecule has 5 rings (SSSR count). The van der Waals surface area contributed by atoms with E-state index in [9.17, 15) is 14.4 Å². The zero-order valence-corrected chi connectivity index (χ0v) is 23.1. The summed E-state index contributed by atoms with van der Waals surface area (Å²) in [6, 6.07) is 4.21. The Morgan fingerprint density at radius 2 is 1.95 bits per heavy atom. The molecule has 3 heterocycles. The number of amides is 2. The number of nitrogens with two attached hydrogens (primary N) is 1. The van der Waals surface area contributed by atoms with E-state index in [0.29, 0.717) is 17.7 Å². The number of hydrogen-bond donors (Lipinski definition) is 1. The number of methoxy groups -OCH3 is 1. The standard InChI is InChI=1S/C28H39N7O5/c1-39-14-13-33-9-11-34(12-10-33)19-7-8-20(27(29)37)21(15-19)24(18-5-3-2-4-6-18)28(38)35-16-22(31-32-30)26-25(35)23(36)17-40-26/h7-8,15,18,22,24-26H,2-6,9-14,16-17H2,1H3,(H2,29,37)/t22-,24-,25+,26+/m0/s1. The number of ketones is 1. The highest BCUT2D eigenvalue weighted by molar-refractivity contribution is 5.99. The molecule has 0 aromatic heterocycles. The molecule has 1 saturated carbocycles. The largest absolute Gasteiger partial charge is 0.383 e. The number of carbonyl (C=O) groups excluding carboxylic acids is 3. The van der Waals surface area contributed by atoms with E-state index >= 15 is 0 Å². The van der Waals surface area contributed by atoms with Crippen LogP contribution in [0.15, 0.2) is 23.3 Å². The molecule has 1 aromatic carbocycles. The topological polar surface area (TPSA) is 154 Å². The van der Waals surface area contributed by atoms with Gasteiger partial charge in [-0.25, -0.2) is 0 Å². The highest BCUT2D eigenvalue weighted by atomic mass is 16.5. The number of azide groups is 1. The van der Waals surface area contributed by atoms with Crippen molar-refractivity contribution in [3.05, 3.63) is 39.8 Å². The van der Waals surface area contributed by atoms with Gasteiger partial charge >= 0.3 is 0 Å². The monoisotopic (exact) mass is 553 g/mol. The molecule has 4 atom stereocenters. The summed E-state index contributed by atoms with van der Waals surface area (Å²) < 4.78 is 10.9. The fraction of sp³-hybridized carbons (Fsp3) is 0.679. The first-order valence-electron chi connectivity index (χ1n) is 14.3. The number of nitrogens with zero attached hydrogens (tertiary/aromatic N) is 6. The van der Waals surface area contributed by atoms with Gasteiger partial charge in [0.25, 0.3) is 0 Å². The Hall–Kier alpha value is -3.18. The summed E-state index contributed by atoms with van der Waals surface area (Å²) in [6.45, 7) is 4.99. The van der Waals surface area contributed by atoms with Gasteiger partial charge in [0.15, 0.2) is 5.78 Å². The number of carbonyl (C=O) groups is 3. The molecular formula is C28H39N7O5. The van der Waals surface area contributed by atoms with Crippen molar-refractivity contribution >= 4 is 23.3 Å². The molecule has 3 saturated heterocycles. The molecule has 0 radical (unpaired) electrons. The Kier molecular flexibility index (Phi) is 8.90. The third-order valence-corrected chi connectivity index (χ3v) is 9.01. The van der Waals surface area contributed by atoms with Crippen LogP contribution in [0.3, 0.4) is 0 Å². The first-order valence-corrected chi connectivity index (χ1v) is 14.3. The van der Waals surface area contributed by atoms with Crippen molar-refractivity contribution < 1.29 is 23.9 Å².